The van der Waals surface area contributed by atoms with Crippen LogP contribution in [0.15, 0.2) is 24.3 Å². The summed E-state index contributed by atoms with van der Waals surface area (Å²) < 4.78 is 0. The Morgan fingerprint density at radius 3 is 2.90 bits per heavy atom. The Balaban J connectivity index is 2.05. The molecule has 1 aromatic carbocycles. The van der Waals surface area contributed by atoms with Crippen LogP contribution in [-0.4, -0.2) is 19.0 Å². The second-order valence-electron chi connectivity index (χ2n) is 6.27. The van der Waals surface area contributed by atoms with Crippen molar-refractivity contribution in [2.45, 2.75) is 40.0 Å². The number of nitrogens with one attached hydrogen (secondary N) is 2. The number of carbonyl (C=O) groups excluding carboxylic acids is 1. The van der Waals surface area contributed by atoms with Crippen molar-refractivity contribution in [2.75, 3.05) is 18.4 Å². The van der Waals surface area contributed by atoms with Crippen LogP contribution in [0.25, 0.3) is 0 Å². The first kappa shape index (κ1) is 15.0. The van der Waals surface area contributed by atoms with Gasteiger partial charge in [-0.15, -0.1) is 0 Å². The minimum atomic E-state index is -0.338. The zero-order chi connectivity index (χ0) is 14.6. The van der Waals surface area contributed by atoms with Crippen LogP contribution in [0.4, 0.5) is 5.69 Å². The maximum Gasteiger partial charge on any atom is 0.230 e. The van der Waals surface area contributed by atoms with Gasteiger partial charge in [0.05, 0.1) is 0 Å². The third-order valence-corrected chi connectivity index (χ3v) is 4.50. The summed E-state index contributed by atoms with van der Waals surface area (Å²) in [7, 11) is 0. The molecule has 2 rings (SSSR count). The summed E-state index contributed by atoms with van der Waals surface area (Å²) in [5.74, 6) is 0.532. The molecular formula is C17H26N2O. The molecule has 110 valence electrons. The van der Waals surface area contributed by atoms with Gasteiger partial charge in [0.2, 0.25) is 5.91 Å². The lowest BCUT2D eigenvalue weighted by Crippen LogP contribution is -2.44. The highest BCUT2D eigenvalue weighted by Gasteiger charge is 2.37. The summed E-state index contributed by atoms with van der Waals surface area (Å²) in [6.45, 7) is 8.26. The number of rotatable bonds is 4. The van der Waals surface area contributed by atoms with E-state index in [0.717, 1.165) is 38.0 Å². The molecule has 3 heteroatoms. The fraction of sp³-hybridized carbons (Fsp3) is 0.588. The summed E-state index contributed by atoms with van der Waals surface area (Å²) in [6.07, 6.45) is 3.27. The number of piperidine rings is 1. The number of benzene rings is 1. The van der Waals surface area contributed by atoms with Crippen LogP contribution < -0.4 is 10.6 Å². The molecule has 1 unspecified atom stereocenters. The Kier molecular flexibility index (Phi) is 4.81. The summed E-state index contributed by atoms with van der Waals surface area (Å²) >= 11 is 0. The normalized spacial score (nSPS) is 19.6. The average Bonchev–Trinajstić information content (AvgIpc) is 2.48. The molecule has 1 aliphatic rings. The first-order valence-corrected chi connectivity index (χ1v) is 7.65. The highest BCUT2D eigenvalue weighted by molar-refractivity contribution is 5.95. The van der Waals surface area contributed by atoms with E-state index in [1.165, 1.54) is 5.56 Å². The van der Waals surface area contributed by atoms with Crippen LogP contribution in [0.3, 0.4) is 0 Å². The van der Waals surface area contributed by atoms with E-state index < -0.39 is 0 Å². The van der Waals surface area contributed by atoms with Crippen LogP contribution in [-0.2, 0) is 11.2 Å². The van der Waals surface area contributed by atoms with Crippen LogP contribution in [0, 0.1) is 11.3 Å². The van der Waals surface area contributed by atoms with Crippen molar-refractivity contribution in [3.63, 3.8) is 0 Å². The number of hydrogen-bond acceptors (Lipinski definition) is 2. The predicted molar refractivity (Wildman–Crippen MR) is 83.8 cm³/mol. The van der Waals surface area contributed by atoms with E-state index >= 15 is 0 Å². The smallest absolute Gasteiger partial charge is 0.230 e. The minimum absolute atomic E-state index is 0.124. The number of anilines is 1. The van der Waals surface area contributed by atoms with Gasteiger partial charge in [0.25, 0.3) is 0 Å². The third-order valence-electron chi connectivity index (χ3n) is 4.50. The van der Waals surface area contributed by atoms with Crippen molar-refractivity contribution in [3.8, 4) is 0 Å². The molecule has 1 fully saturated rings. The fourth-order valence-corrected chi connectivity index (χ4v) is 2.81. The molecule has 3 nitrogen and oxygen atoms in total. The molecule has 0 radical (unpaired) electrons. The topological polar surface area (TPSA) is 41.1 Å². The molecule has 20 heavy (non-hydrogen) atoms. The van der Waals surface area contributed by atoms with Crippen molar-refractivity contribution < 1.29 is 4.79 Å². The Morgan fingerprint density at radius 1 is 1.45 bits per heavy atom. The van der Waals surface area contributed by atoms with Gasteiger partial charge >= 0.3 is 0 Å². The molecule has 0 spiro atoms. The predicted octanol–water partition coefficient (Wildman–Crippen LogP) is 3.21. The van der Waals surface area contributed by atoms with Gasteiger partial charge in [0.1, 0.15) is 0 Å². The Labute approximate surface area is 122 Å². The lowest BCUT2D eigenvalue weighted by atomic mass is 9.74. The van der Waals surface area contributed by atoms with Crippen LogP contribution in [0.1, 0.15) is 39.2 Å². The molecule has 1 aromatic rings. The highest BCUT2D eigenvalue weighted by Crippen LogP contribution is 2.33. The van der Waals surface area contributed by atoms with Crippen LogP contribution in [0.2, 0.25) is 0 Å². The monoisotopic (exact) mass is 274 g/mol. The van der Waals surface area contributed by atoms with E-state index in [1.54, 1.807) is 0 Å². The number of carbonyl (C=O) groups is 1. The Bertz CT molecular complexity index is 462. The van der Waals surface area contributed by atoms with Crippen molar-refractivity contribution in [1.29, 1.82) is 0 Å². The van der Waals surface area contributed by atoms with E-state index in [0.29, 0.717) is 5.92 Å². The van der Waals surface area contributed by atoms with Crippen LogP contribution in [0.5, 0.6) is 0 Å². The van der Waals surface area contributed by atoms with Gasteiger partial charge in [-0.2, -0.15) is 0 Å². The van der Waals surface area contributed by atoms with Gasteiger partial charge in [-0.1, -0.05) is 32.9 Å². The van der Waals surface area contributed by atoms with Crippen LogP contribution >= 0.6 is 0 Å². The Morgan fingerprint density at radius 2 is 2.25 bits per heavy atom. The second-order valence-corrected chi connectivity index (χ2v) is 6.27. The molecule has 1 saturated heterocycles. The summed E-state index contributed by atoms with van der Waals surface area (Å²) in [5, 5.41) is 6.49. The molecule has 0 bridgehead atoms. The second kappa shape index (κ2) is 6.40. The molecule has 2 N–H and O–H groups in total. The standard InChI is InChI=1S/C17H26N2O/c1-4-13-7-5-9-15(11-13)19-16(20)17(2,3)14-8-6-10-18-12-14/h5,7,9,11,14,18H,4,6,8,10,12H2,1-3H3,(H,19,20). The zero-order valence-corrected chi connectivity index (χ0v) is 12.8. The van der Waals surface area contributed by atoms with Gasteiger partial charge < -0.3 is 10.6 Å². The van der Waals surface area contributed by atoms with Crippen molar-refractivity contribution in [3.05, 3.63) is 29.8 Å². The van der Waals surface area contributed by atoms with Gasteiger partial charge in [0.15, 0.2) is 0 Å². The van der Waals surface area contributed by atoms with E-state index in [2.05, 4.69) is 43.5 Å². The molecule has 0 saturated carbocycles. The number of hydrogen-bond donors (Lipinski definition) is 2. The average molecular weight is 274 g/mol. The number of aryl methyl sites for hydroxylation is 1. The summed E-state index contributed by atoms with van der Waals surface area (Å²) in [5.41, 5.74) is 1.82. The molecule has 1 atom stereocenters. The van der Waals surface area contributed by atoms with Crippen molar-refractivity contribution in [2.24, 2.45) is 11.3 Å². The van der Waals surface area contributed by atoms with Crippen molar-refractivity contribution >= 4 is 11.6 Å². The van der Waals surface area contributed by atoms with Crippen molar-refractivity contribution in [1.82, 2.24) is 5.32 Å². The van der Waals surface area contributed by atoms with E-state index in [1.807, 2.05) is 12.1 Å². The van der Waals surface area contributed by atoms with Gasteiger partial charge in [-0.25, -0.2) is 0 Å². The molecule has 0 aliphatic carbocycles. The SMILES string of the molecule is CCc1cccc(NC(=O)C(C)(C)C2CCCNC2)c1. The maximum absolute atomic E-state index is 12.6. The first-order chi connectivity index (χ1) is 9.54. The molecule has 1 aliphatic heterocycles. The molecule has 1 heterocycles. The van der Waals surface area contributed by atoms with E-state index in [9.17, 15) is 4.79 Å². The van der Waals surface area contributed by atoms with E-state index in [-0.39, 0.29) is 11.3 Å². The lowest BCUT2D eigenvalue weighted by molar-refractivity contribution is -0.127. The summed E-state index contributed by atoms with van der Waals surface area (Å²) in [6, 6.07) is 8.12. The Hall–Kier alpha value is -1.35. The lowest BCUT2D eigenvalue weighted by Gasteiger charge is -2.36. The van der Waals surface area contributed by atoms with Gasteiger partial charge in [0, 0.05) is 11.1 Å². The largest absolute Gasteiger partial charge is 0.326 e. The maximum atomic E-state index is 12.6. The van der Waals surface area contributed by atoms with Gasteiger partial charge in [-0.3, -0.25) is 4.79 Å². The molecule has 1 amide bonds. The highest BCUT2D eigenvalue weighted by atomic mass is 16.2. The molecular weight excluding hydrogens is 248 g/mol. The third kappa shape index (κ3) is 3.40. The zero-order valence-electron chi connectivity index (χ0n) is 12.8. The quantitative estimate of drug-likeness (QED) is 0.885. The fourth-order valence-electron chi connectivity index (χ4n) is 2.81. The summed E-state index contributed by atoms with van der Waals surface area (Å²) in [4.78, 5) is 12.6. The van der Waals surface area contributed by atoms with Gasteiger partial charge in [-0.05, 0) is 56.0 Å². The first-order valence-electron chi connectivity index (χ1n) is 7.65. The van der Waals surface area contributed by atoms with E-state index in [4.69, 9.17) is 0 Å². The minimum Gasteiger partial charge on any atom is -0.326 e. The molecule has 0 aromatic heterocycles. The number of amides is 1.